The molecule has 11 nitrogen and oxygen atoms in total. The first kappa shape index (κ1) is 30.0. The second-order valence-electron chi connectivity index (χ2n) is 8.04. The number of benzene rings is 4. The second kappa shape index (κ2) is 13.0. The number of fused-ring (bicyclic) bond motifs is 1. The minimum atomic E-state index is -4.75. The molecule has 0 bridgehead atoms. The van der Waals surface area contributed by atoms with E-state index in [1.165, 1.54) is 12.1 Å². The van der Waals surface area contributed by atoms with Crippen molar-refractivity contribution >= 4 is 61.8 Å². The summed E-state index contributed by atoms with van der Waals surface area (Å²) in [6.45, 7) is 0.218. The van der Waals surface area contributed by atoms with Crippen LogP contribution < -0.4 is 9.47 Å². The average Bonchev–Trinajstić information content (AvgIpc) is 2.92. The van der Waals surface area contributed by atoms with E-state index in [4.69, 9.17) is 9.47 Å². The molecule has 0 aliphatic heterocycles. The van der Waals surface area contributed by atoms with Gasteiger partial charge in [0.25, 0.3) is 10.1 Å². The Bertz CT molecular complexity index is 1630. The zero-order chi connectivity index (χ0) is 27.3. The van der Waals surface area contributed by atoms with Gasteiger partial charge in [-0.3, -0.25) is 4.55 Å². The molecule has 0 aromatic heterocycles. The van der Waals surface area contributed by atoms with Crippen LogP contribution in [0.4, 0.5) is 11.4 Å². The zero-order valence-corrected chi connectivity index (χ0v) is 21.3. The first-order valence-corrected chi connectivity index (χ1v) is 12.7. The average molecular weight is 561 g/mol. The molecule has 0 radical (unpaired) electrons. The number of methoxy groups -OCH3 is 2. The minimum absolute atomic E-state index is 0. The molecule has 39 heavy (non-hydrogen) atoms. The second-order valence-corrected chi connectivity index (χ2v) is 9.43. The predicted octanol–water partition coefficient (Wildman–Crippen LogP) is 5.43. The van der Waals surface area contributed by atoms with Crippen LogP contribution in [0.25, 0.3) is 10.8 Å². The molecule has 4 aromatic rings. The molecule has 0 saturated carbocycles. The van der Waals surface area contributed by atoms with Crippen LogP contribution in [-0.2, 0) is 23.2 Å². The van der Waals surface area contributed by atoms with Gasteiger partial charge >= 0.3 is 29.6 Å². The third-order valence-corrected chi connectivity index (χ3v) is 6.53. The van der Waals surface area contributed by atoms with Gasteiger partial charge in [-0.2, -0.15) is 28.9 Å². The van der Waals surface area contributed by atoms with Gasteiger partial charge in [-0.15, -0.1) is 0 Å². The summed E-state index contributed by atoms with van der Waals surface area (Å²) < 4.78 is 44.5. The molecule has 13 heteroatoms. The molecular formula is C26H25N4NaO7S. The molecule has 0 aliphatic rings. The van der Waals surface area contributed by atoms with Crippen molar-refractivity contribution in [1.29, 1.82) is 0 Å². The summed E-state index contributed by atoms with van der Waals surface area (Å²) in [6.07, 6.45) is 0. The SMILES string of the molecule is COc1ccc(CN=Nc2c(O)c(O)c(N=NCc3ccc(OC)cc3)c3c(S(=O)(=O)O)cccc23)cc1.[NaH]. The van der Waals surface area contributed by atoms with Crippen molar-refractivity contribution in [3.05, 3.63) is 77.9 Å². The Hall–Kier alpha value is -3.55. The van der Waals surface area contributed by atoms with Gasteiger partial charge in [0, 0.05) is 10.8 Å². The maximum absolute atomic E-state index is 12.2. The van der Waals surface area contributed by atoms with Gasteiger partial charge in [-0.05, 0) is 41.5 Å². The van der Waals surface area contributed by atoms with Crippen molar-refractivity contribution in [3.8, 4) is 23.0 Å². The normalized spacial score (nSPS) is 11.7. The van der Waals surface area contributed by atoms with Crippen LogP contribution in [0, 0.1) is 0 Å². The first-order chi connectivity index (χ1) is 18.2. The van der Waals surface area contributed by atoms with E-state index in [2.05, 4.69) is 20.5 Å². The van der Waals surface area contributed by atoms with Gasteiger partial charge in [0.2, 0.25) is 0 Å². The monoisotopic (exact) mass is 560 g/mol. The van der Waals surface area contributed by atoms with Crippen molar-refractivity contribution in [2.24, 2.45) is 20.5 Å². The molecule has 0 heterocycles. The molecule has 0 atom stereocenters. The molecule has 0 amide bonds. The number of hydrogen-bond donors (Lipinski definition) is 3. The Balaban J connectivity index is 0.00000420. The molecule has 0 saturated heterocycles. The van der Waals surface area contributed by atoms with Crippen LogP contribution in [0.5, 0.6) is 23.0 Å². The maximum atomic E-state index is 12.2. The van der Waals surface area contributed by atoms with E-state index in [-0.39, 0.29) is 64.8 Å². The number of aromatic hydroxyl groups is 2. The van der Waals surface area contributed by atoms with Crippen molar-refractivity contribution in [2.75, 3.05) is 14.2 Å². The first-order valence-electron chi connectivity index (χ1n) is 11.2. The Kier molecular flexibility index (Phi) is 10.0. The fourth-order valence-corrected chi connectivity index (χ4v) is 4.41. The molecule has 4 aromatic carbocycles. The summed E-state index contributed by atoms with van der Waals surface area (Å²) in [7, 11) is -1.65. The van der Waals surface area contributed by atoms with Crippen LogP contribution in [-0.4, -0.2) is 67.0 Å². The molecule has 0 fully saturated rings. The van der Waals surface area contributed by atoms with E-state index in [1.807, 2.05) is 0 Å². The molecular weight excluding hydrogens is 535 g/mol. The van der Waals surface area contributed by atoms with Gasteiger partial charge in [0.05, 0.1) is 27.3 Å². The van der Waals surface area contributed by atoms with E-state index in [1.54, 1.807) is 62.8 Å². The van der Waals surface area contributed by atoms with Gasteiger partial charge in [-0.25, -0.2) is 0 Å². The van der Waals surface area contributed by atoms with Gasteiger partial charge in [-0.1, -0.05) is 36.4 Å². The van der Waals surface area contributed by atoms with E-state index >= 15 is 0 Å². The fourth-order valence-electron chi connectivity index (χ4n) is 3.69. The third-order valence-electron chi connectivity index (χ3n) is 5.64. The quantitative estimate of drug-likeness (QED) is 0.106. The molecule has 3 N–H and O–H groups in total. The number of hydrogen-bond acceptors (Lipinski definition) is 10. The van der Waals surface area contributed by atoms with Crippen molar-refractivity contribution in [3.63, 3.8) is 0 Å². The topological polar surface area (TPSA) is 163 Å². The fraction of sp³-hybridized carbons (Fsp3) is 0.154. The summed E-state index contributed by atoms with van der Waals surface area (Å²) >= 11 is 0. The Labute approximate surface area is 246 Å². The van der Waals surface area contributed by atoms with Crippen LogP contribution in [0.3, 0.4) is 0 Å². The third kappa shape index (κ3) is 6.91. The predicted molar refractivity (Wildman–Crippen MR) is 147 cm³/mol. The summed E-state index contributed by atoms with van der Waals surface area (Å²) in [6, 6.07) is 18.1. The van der Waals surface area contributed by atoms with Crippen molar-refractivity contribution in [1.82, 2.24) is 0 Å². The number of azo groups is 2. The van der Waals surface area contributed by atoms with E-state index in [9.17, 15) is 23.2 Å². The van der Waals surface area contributed by atoms with Gasteiger partial charge in [0.15, 0.2) is 11.5 Å². The summed E-state index contributed by atoms with van der Waals surface area (Å²) in [5.41, 5.74) is 1.03. The van der Waals surface area contributed by atoms with Crippen molar-refractivity contribution in [2.45, 2.75) is 18.0 Å². The summed E-state index contributed by atoms with van der Waals surface area (Å²) in [5, 5.41) is 37.7. The molecule has 4 rings (SSSR count). The molecule has 0 aliphatic carbocycles. The number of nitrogens with zero attached hydrogens (tertiary/aromatic N) is 4. The van der Waals surface area contributed by atoms with Crippen molar-refractivity contribution < 1.29 is 32.7 Å². The summed E-state index contributed by atoms with van der Waals surface area (Å²) in [4.78, 5) is -0.532. The van der Waals surface area contributed by atoms with E-state index in [0.717, 1.165) is 17.2 Å². The van der Waals surface area contributed by atoms with E-state index < -0.39 is 26.5 Å². The number of phenolic OH excluding ortho intramolecular Hbond substituents is 2. The molecule has 198 valence electrons. The molecule has 0 spiro atoms. The molecule has 0 unspecified atom stereocenters. The van der Waals surface area contributed by atoms with Crippen LogP contribution in [0.2, 0.25) is 0 Å². The van der Waals surface area contributed by atoms with Crippen LogP contribution in [0.15, 0.2) is 92.1 Å². The van der Waals surface area contributed by atoms with Gasteiger partial charge in [0.1, 0.15) is 27.8 Å². The Morgan fingerprint density at radius 1 is 0.718 bits per heavy atom. The Morgan fingerprint density at radius 3 is 1.64 bits per heavy atom. The number of ether oxygens (including phenoxy) is 2. The standard InChI is InChI=1S/C26H24N4O7S.Na.H/c1-36-18-10-6-16(7-11-18)14-27-29-23-20-4-3-5-21(38(33,34)35)22(20)24(26(32)25(23)31)30-28-15-17-8-12-19(37-2)13-9-17;;/h3-13,31-32H,14-15H2,1-2H3,(H,33,34,35);;. The zero-order valence-electron chi connectivity index (χ0n) is 20.4. The number of rotatable bonds is 9. The summed E-state index contributed by atoms with van der Waals surface area (Å²) in [5.74, 6) is -0.0881. The number of phenols is 2. The Morgan fingerprint density at radius 2 is 1.18 bits per heavy atom. The van der Waals surface area contributed by atoms with Crippen LogP contribution >= 0.6 is 0 Å². The van der Waals surface area contributed by atoms with Crippen LogP contribution in [0.1, 0.15) is 11.1 Å². The van der Waals surface area contributed by atoms with Gasteiger partial charge < -0.3 is 19.7 Å². The van der Waals surface area contributed by atoms with E-state index in [0.29, 0.717) is 11.5 Å².